The predicted molar refractivity (Wildman–Crippen MR) is 109 cm³/mol. The van der Waals surface area contributed by atoms with Gasteiger partial charge in [0.15, 0.2) is 5.78 Å². The minimum atomic E-state index is -0.582. The van der Waals surface area contributed by atoms with E-state index in [0.29, 0.717) is 34.0 Å². The Morgan fingerprint density at radius 2 is 1.41 bits per heavy atom. The first-order valence-corrected chi connectivity index (χ1v) is 8.70. The number of Topliss-reactive ketones (excluding diaryl/α,β-unsaturated/α-hetero) is 1. The maximum atomic E-state index is 11.8. The second-order valence-corrected chi connectivity index (χ2v) is 5.86. The van der Waals surface area contributed by atoms with E-state index in [4.69, 9.17) is 14.3 Å². The van der Waals surface area contributed by atoms with Gasteiger partial charge in [0.05, 0.1) is 36.5 Å². The molecule has 7 heteroatoms. The quantitative estimate of drug-likeness (QED) is 0.376. The number of aliphatic hydroxyl groups excluding tert-OH is 1. The van der Waals surface area contributed by atoms with Crippen LogP contribution >= 0.6 is 0 Å². The van der Waals surface area contributed by atoms with Crippen LogP contribution in [0.1, 0.15) is 32.2 Å². The second-order valence-electron chi connectivity index (χ2n) is 5.86. The molecule has 0 fully saturated rings. The van der Waals surface area contributed by atoms with Gasteiger partial charge in [-0.1, -0.05) is 24.3 Å². The first kappa shape index (κ1) is 19.9. The van der Waals surface area contributed by atoms with Crippen molar-refractivity contribution in [1.82, 2.24) is 0 Å². The van der Waals surface area contributed by atoms with Crippen LogP contribution in [-0.2, 0) is 4.74 Å². The van der Waals surface area contributed by atoms with E-state index in [9.17, 15) is 9.59 Å². The number of ether oxygens (including phenoxy) is 1. The summed E-state index contributed by atoms with van der Waals surface area (Å²) in [5.41, 5.74) is 1.58. The molecular formula is C22H18N2O5. The van der Waals surface area contributed by atoms with Crippen LogP contribution in [-0.4, -0.2) is 43.0 Å². The van der Waals surface area contributed by atoms with E-state index in [-0.39, 0.29) is 0 Å². The van der Waals surface area contributed by atoms with Crippen molar-refractivity contribution in [2.24, 2.45) is 9.98 Å². The monoisotopic (exact) mass is 390 g/mol. The Morgan fingerprint density at radius 3 is 1.97 bits per heavy atom. The summed E-state index contributed by atoms with van der Waals surface area (Å²) < 4.78 is 10.4. The van der Waals surface area contributed by atoms with Crippen LogP contribution in [0.5, 0.6) is 0 Å². The number of furan rings is 1. The molecular weight excluding hydrogens is 372 g/mol. The molecule has 0 radical (unpaired) electrons. The highest BCUT2D eigenvalue weighted by molar-refractivity contribution is 6.02. The van der Waals surface area contributed by atoms with Gasteiger partial charge < -0.3 is 14.3 Å². The summed E-state index contributed by atoms with van der Waals surface area (Å²) >= 11 is 0. The third kappa shape index (κ3) is 4.91. The van der Waals surface area contributed by atoms with Crippen molar-refractivity contribution in [3.63, 3.8) is 0 Å². The van der Waals surface area contributed by atoms with Crippen molar-refractivity contribution in [1.29, 1.82) is 0 Å². The molecule has 0 saturated heterocycles. The van der Waals surface area contributed by atoms with Gasteiger partial charge in [-0.3, -0.25) is 14.8 Å². The summed E-state index contributed by atoms with van der Waals surface area (Å²) in [7, 11) is 1.31. The molecule has 1 aromatic heterocycles. The summed E-state index contributed by atoms with van der Waals surface area (Å²) in [4.78, 5) is 32.1. The van der Waals surface area contributed by atoms with E-state index >= 15 is 0 Å². The number of nitrogens with zero attached hydrogens (tertiary/aromatic N) is 2. The number of aliphatic hydroxyl groups is 1. The van der Waals surface area contributed by atoms with Gasteiger partial charge in [0, 0.05) is 5.56 Å². The molecule has 0 aliphatic heterocycles. The van der Waals surface area contributed by atoms with Gasteiger partial charge in [0.25, 0.3) is 0 Å². The van der Waals surface area contributed by atoms with E-state index in [1.54, 1.807) is 60.7 Å². The number of carbonyl (C=O) groups excluding carboxylic acids is 2. The van der Waals surface area contributed by atoms with Gasteiger partial charge in [-0.2, -0.15) is 0 Å². The maximum Gasteiger partial charge on any atom is 0.340 e. The van der Waals surface area contributed by atoms with Gasteiger partial charge in [0.1, 0.15) is 18.1 Å². The van der Waals surface area contributed by atoms with Crippen LogP contribution < -0.4 is 0 Å². The molecule has 1 heterocycles. The Morgan fingerprint density at radius 1 is 0.897 bits per heavy atom. The van der Waals surface area contributed by atoms with Crippen LogP contribution in [0.25, 0.3) is 0 Å². The first-order chi connectivity index (χ1) is 14.1. The molecule has 0 amide bonds. The zero-order chi connectivity index (χ0) is 20.6. The van der Waals surface area contributed by atoms with E-state index in [1.807, 2.05) is 0 Å². The number of hydrogen-bond acceptors (Lipinski definition) is 7. The molecule has 0 saturated carbocycles. The highest BCUT2D eigenvalue weighted by Crippen LogP contribution is 2.21. The fraction of sp³-hybridized carbons (Fsp3) is 0.0909. The van der Waals surface area contributed by atoms with Crippen molar-refractivity contribution >= 4 is 35.6 Å². The lowest BCUT2D eigenvalue weighted by atomic mass is 10.1. The van der Waals surface area contributed by atoms with E-state index in [1.165, 1.54) is 19.5 Å². The Hall–Kier alpha value is -3.84. The third-order valence-electron chi connectivity index (χ3n) is 3.97. The van der Waals surface area contributed by atoms with Gasteiger partial charge in [0.2, 0.25) is 0 Å². The lowest BCUT2D eigenvalue weighted by molar-refractivity contribution is 0.0601. The van der Waals surface area contributed by atoms with Gasteiger partial charge in [-0.15, -0.1) is 0 Å². The number of hydrogen-bond donors (Lipinski definition) is 1. The zero-order valence-electron chi connectivity index (χ0n) is 15.6. The Kier molecular flexibility index (Phi) is 6.44. The summed E-state index contributed by atoms with van der Waals surface area (Å²) in [5, 5.41) is 9.06. The summed E-state index contributed by atoms with van der Waals surface area (Å²) in [5.74, 6) is 0.0418. The largest absolute Gasteiger partial charge is 0.465 e. The highest BCUT2D eigenvalue weighted by atomic mass is 16.5. The molecule has 29 heavy (non-hydrogen) atoms. The molecule has 0 bridgehead atoms. The van der Waals surface area contributed by atoms with E-state index in [2.05, 4.69) is 9.98 Å². The average molecular weight is 390 g/mol. The summed E-state index contributed by atoms with van der Waals surface area (Å²) in [6.45, 7) is -0.582. The van der Waals surface area contributed by atoms with Crippen molar-refractivity contribution < 1.29 is 23.8 Å². The topological polar surface area (TPSA) is 101 Å². The number of esters is 1. The molecule has 146 valence electrons. The number of carbonyl (C=O) groups is 2. The lowest BCUT2D eigenvalue weighted by Crippen LogP contribution is -2.04. The van der Waals surface area contributed by atoms with E-state index in [0.717, 1.165) is 0 Å². The number of benzene rings is 2. The van der Waals surface area contributed by atoms with Gasteiger partial charge in [-0.05, 0) is 36.4 Å². The van der Waals surface area contributed by atoms with Crippen molar-refractivity contribution in [3.05, 3.63) is 83.3 Å². The Balaban J connectivity index is 1.78. The molecule has 0 atom stereocenters. The molecule has 1 N–H and O–H groups in total. The van der Waals surface area contributed by atoms with Crippen LogP contribution in [0.4, 0.5) is 11.4 Å². The van der Waals surface area contributed by atoms with E-state index < -0.39 is 18.4 Å². The van der Waals surface area contributed by atoms with Crippen molar-refractivity contribution in [2.75, 3.05) is 13.7 Å². The Labute approximate surface area is 167 Å². The summed E-state index contributed by atoms with van der Waals surface area (Å²) in [6.07, 6.45) is 2.96. The Bertz CT molecular complexity index is 998. The molecule has 3 rings (SSSR count). The standard InChI is InChI=1S/C22H18N2O5/c1-28-22(27)18-7-3-5-9-20(18)24-13-16-11-10-15(29-16)12-23-19-8-4-2-6-17(19)21(26)14-25/h2-13,25H,14H2,1H3. The zero-order valence-corrected chi connectivity index (χ0v) is 15.6. The predicted octanol–water partition coefficient (Wildman–Crippen LogP) is 3.74. The summed E-state index contributed by atoms with van der Waals surface area (Å²) in [6, 6.07) is 17.0. The lowest BCUT2D eigenvalue weighted by Gasteiger charge is -2.02. The molecule has 0 unspecified atom stereocenters. The third-order valence-corrected chi connectivity index (χ3v) is 3.97. The molecule has 0 aliphatic carbocycles. The fourth-order valence-electron chi connectivity index (χ4n) is 2.55. The molecule has 0 spiro atoms. The van der Waals surface area contributed by atoms with Crippen LogP contribution in [0.3, 0.4) is 0 Å². The number of aliphatic imine (C=N–C) groups is 2. The number of para-hydroxylation sites is 2. The van der Waals surface area contributed by atoms with Crippen LogP contribution in [0, 0.1) is 0 Å². The van der Waals surface area contributed by atoms with Crippen LogP contribution in [0.2, 0.25) is 0 Å². The number of ketones is 1. The molecule has 0 aliphatic rings. The minimum absolute atomic E-state index is 0.332. The van der Waals surface area contributed by atoms with Crippen LogP contribution in [0.15, 0.2) is 75.1 Å². The molecule has 7 nitrogen and oxygen atoms in total. The fourth-order valence-corrected chi connectivity index (χ4v) is 2.55. The maximum absolute atomic E-state index is 11.8. The smallest absolute Gasteiger partial charge is 0.340 e. The van der Waals surface area contributed by atoms with Gasteiger partial charge >= 0.3 is 5.97 Å². The normalized spacial score (nSPS) is 11.2. The SMILES string of the molecule is COC(=O)c1ccccc1N=Cc1ccc(C=Nc2ccccc2C(=O)CO)o1. The number of rotatable bonds is 7. The molecule has 2 aromatic carbocycles. The minimum Gasteiger partial charge on any atom is -0.465 e. The van der Waals surface area contributed by atoms with Crippen molar-refractivity contribution in [2.45, 2.75) is 0 Å². The van der Waals surface area contributed by atoms with Gasteiger partial charge in [-0.25, -0.2) is 4.79 Å². The average Bonchev–Trinajstić information content (AvgIpc) is 3.23. The highest BCUT2D eigenvalue weighted by Gasteiger charge is 2.10. The van der Waals surface area contributed by atoms with Crippen molar-refractivity contribution in [3.8, 4) is 0 Å². The second kappa shape index (κ2) is 9.38. The molecule has 3 aromatic rings. The number of methoxy groups -OCH3 is 1. The first-order valence-electron chi connectivity index (χ1n) is 8.70.